The number of aryl methyl sites for hydroxylation is 1. The van der Waals surface area contributed by atoms with Gasteiger partial charge in [-0.15, -0.1) is 0 Å². The van der Waals surface area contributed by atoms with Crippen molar-refractivity contribution in [1.29, 1.82) is 0 Å². The van der Waals surface area contributed by atoms with Crippen LogP contribution in [-0.2, 0) is 6.42 Å². The van der Waals surface area contributed by atoms with E-state index >= 15 is 0 Å². The van der Waals surface area contributed by atoms with Crippen LogP contribution in [0.2, 0.25) is 5.02 Å². The topological polar surface area (TPSA) is 0 Å². The Morgan fingerprint density at radius 2 is 2.27 bits per heavy atom. The fraction of sp³-hybridized carbons (Fsp3) is 0.333. The van der Waals surface area contributed by atoms with Crippen LogP contribution in [0.5, 0.6) is 0 Å². The number of hydrogen-bond acceptors (Lipinski definition) is 0. The average Bonchev–Trinajstić information content (AvgIpc) is 2.34. The van der Waals surface area contributed by atoms with Crippen molar-refractivity contribution in [3.05, 3.63) is 34.3 Å². The molecule has 0 radical (unpaired) electrons. The smallest absolute Gasteiger partial charge is 0.0452 e. The maximum atomic E-state index is 6.03. The monoisotopic (exact) mass is 230 g/mol. The van der Waals surface area contributed by atoms with Crippen LogP contribution in [0.3, 0.4) is 0 Å². The van der Waals surface area contributed by atoms with Gasteiger partial charge < -0.3 is 0 Å². The molecule has 58 valence electrons. The van der Waals surface area contributed by atoms with Gasteiger partial charge in [-0.2, -0.15) is 0 Å². The number of rotatable bonds is 0. The van der Waals surface area contributed by atoms with Crippen molar-refractivity contribution in [2.45, 2.75) is 17.7 Å². The average molecular weight is 232 g/mol. The Bertz CT molecular complexity index is 283. The molecule has 2 heteroatoms. The lowest BCUT2D eigenvalue weighted by molar-refractivity contribution is 0.903. The molecule has 1 unspecified atom stereocenters. The first-order valence-corrected chi connectivity index (χ1v) is 5.00. The summed E-state index contributed by atoms with van der Waals surface area (Å²) in [5.74, 6) is 0. The maximum Gasteiger partial charge on any atom is 0.0452 e. The van der Waals surface area contributed by atoms with Gasteiger partial charge in [0, 0.05) is 9.85 Å². The van der Waals surface area contributed by atoms with Gasteiger partial charge in [0.2, 0.25) is 0 Å². The molecule has 1 aromatic carbocycles. The van der Waals surface area contributed by atoms with Gasteiger partial charge in [-0.25, -0.2) is 0 Å². The molecule has 0 heterocycles. The van der Waals surface area contributed by atoms with Crippen molar-refractivity contribution in [2.75, 3.05) is 0 Å². The Balaban J connectivity index is 2.58. The fourth-order valence-electron chi connectivity index (χ4n) is 1.58. The van der Waals surface area contributed by atoms with Gasteiger partial charge in [0.1, 0.15) is 0 Å². The molecule has 0 fully saturated rings. The molecule has 1 aromatic rings. The van der Waals surface area contributed by atoms with Gasteiger partial charge in [-0.05, 0) is 30.0 Å². The van der Waals surface area contributed by atoms with Crippen molar-refractivity contribution in [2.24, 2.45) is 0 Å². The molecule has 1 atom stereocenters. The Morgan fingerprint density at radius 3 is 3.00 bits per heavy atom. The molecule has 0 aliphatic heterocycles. The summed E-state index contributed by atoms with van der Waals surface area (Å²) in [6.07, 6.45) is 2.34. The van der Waals surface area contributed by atoms with Crippen molar-refractivity contribution in [3.63, 3.8) is 0 Å². The number of fused-ring (bicyclic) bond motifs is 1. The Hall–Kier alpha value is -0.0100. The molecule has 0 saturated carbocycles. The van der Waals surface area contributed by atoms with Gasteiger partial charge in [0.15, 0.2) is 0 Å². The summed E-state index contributed by atoms with van der Waals surface area (Å²) >= 11 is 9.64. The minimum atomic E-state index is 0.478. The van der Waals surface area contributed by atoms with E-state index in [-0.39, 0.29) is 0 Å². The standard InChI is InChI=1S/C9H8BrCl/c10-7-5-4-6-2-1-3-8(11)9(6)7/h1-3,7H,4-5H2. The first kappa shape index (κ1) is 7.63. The lowest BCUT2D eigenvalue weighted by Crippen LogP contribution is -1.83. The first-order chi connectivity index (χ1) is 5.29. The summed E-state index contributed by atoms with van der Waals surface area (Å²) in [7, 11) is 0. The summed E-state index contributed by atoms with van der Waals surface area (Å²) in [6.45, 7) is 0. The largest absolute Gasteiger partial charge is 0.0840 e. The van der Waals surface area contributed by atoms with Crippen LogP contribution in [-0.4, -0.2) is 0 Å². The van der Waals surface area contributed by atoms with Gasteiger partial charge in [-0.1, -0.05) is 39.7 Å². The van der Waals surface area contributed by atoms with Crippen LogP contribution < -0.4 is 0 Å². The normalized spacial score (nSPS) is 21.8. The minimum absolute atomic E-state index is 0.478. The zero-order valence-electron chi connectivity index (χ0n) is 5.98. The van der Waals surface area contributed by atoms with E-state index in [1.165, 1.54) is 17.5 Å². The van der Waals surface area contributed by atoms with Crippen molar-refractivity contribution in [1.82, 2.24) is 0 Å². The molecule has 1 aliphatic rings. The number of benzene rings is 1. The predicted octanol–water partition coefficient (Wildman–Crippen LogP) is 3.72. The molecule has 0 spiro atoms. The van der Waals surface area contributed by atoms with E-state index in [1.807, 2.05) is 12.1 Å². The van der Waals surface area contributed by atoms with Crippen LogP contribution in [0.1, 0.15) is 22.4 Å². The second kappa shape index (κ2) is 2.80. The molecule has 0 bridgehead atoms. The maximum absolute atomic E-state index is 6.03. The predicted molar refractivity (Wildman–Crippen MR) is 51.4 cm³/mol. The fourth-order valence-corrected chi connectivity index (χ4v) is 2.80. The lowest BCUT2D eigenvalue weighted by atomic mass is 10.1. The lowest BCUT2D eigenvalue weighted by Gasteiger charge is -2.04. The van der Waals surface area contributed by atoms with Crippen molar-refractivity contribution < 1.29 is 0 Å². The molecule has 2 rings (SSSR count). The highest BCUT2D eigenvalue weighted by Crippen LogP contribution is 2.41. The summed E-state index contributed by atoms with van der Waals surface area (Å²) in [6, 6.07) is 6.13. The molecular formula is C9H8BrCl. The van der Waals surface area contributed by atoms with E-state index in [1.54, 1.807) is 0 Å². The van der Waals surface area contributed by atoms with E-state index in [4.69, 9.17) is 11.6 Å². The molecular weight excluding hydrogens is 223 g/mol. The van der Waals surface area contributed by atoms with Gasteiger partial charge >= 0.3 is 0 Å². The molecule has 11 heavy (non-hydrogen) atoms. The molecule has 0 nitrogen and oxygen atoms in total. The summed E-state index contributed by atoms with van der Waals surface area (Å²) in [5.41, 5.74) is 2.70. The second-order valence-corrected chi connectivity index (χ2v) is 4.33. The summed E-state index contributed by atoms with van der Waals surface area (Å²) in [4.78, 5) is 0.478. The minimum Gasteiger partial charge on any atom is -0.0840 e. The Kier molecular flexibility index (Phi) is 1.94. The zero-order valence-corrected chi connectivity index (χ0v) is 8.32. The Labute approximate surface area is 79.7 Å². The third-order valence-corrected chi connectivity index (χ3v) is 3.37. The first-order valence-electron chi connectivity index (χ1n) is 3.70. The van der Waals surface area contributed by atoms with Crippen molar-refractivity contribution >= 4 is 27.5 Å². The van der Waals surface area contributed by atoms with Gasteiger partial charge in [0.05, 0.1) is 0 Å². The zero-order chi connectivity index (χ0) is 7.84. The second-order valence-electron chi connectivity index (χ2n) is 2.82. The summed E-state index contributed by atoms with van der Waals surface area (Å²) in [5, 5.41) is 0.905. The highest BCUT2D eigenvalue weighted by atomic mass is 79.9. The highest BCUT2D eigenvalue weighted by Gasteiger charge is 2.21. The third-order valence-electron chi connectivity index (χ3n) is 2.12. The SMILES string of the molecule is Clc1cccc2c1C(Br)CC2. The van der Waals surface area contributed by atoms with Crippen LogP contribution in [0, 0.1) is 0 Å². The van der Waals surface area contributed by atoms with Crippen LogP contribution in [0.4, 0.5) is 0 Å². The molecule has 0 amide bonds. The van der Waals surface area contributed by atoms with Gasteiger partial charge in [0.25, 0.3) is 0 Å². The highest BCUT2D eigenvalue weighted by molar-refractivity contribution is 9.09. The van der Waals surface area contributed by atoms with E-state index in [0.29, 0.717) is 4.83 Å². The molecule has 0 N–H and O–H groups in total. The molecule has 0 aromatic heterocycles. The quantitative estimate of drug-likeness (QED) is 0.597. The van der Waals surface area contributed by atoms with Crippen molar-refractivity contribution in [3.8, 4) is 0 Å². The van der Waals surface area contributed by atoms with Crippen LogP contribution in [0.15, 0.2) is 18.2 Å². The van der Waals surface area contributed by atoms with Crippen LogP contribution >= 0.6 is 27.5 Å². The van der Waals surface area contributed by atoms with E-state index in [9.17, 15) is 0 Å². The van der Waals surface area contributed by atoms with E-state index in [2.05, 4.69) is 22.0 Å². The van der Waals surface area contributed by atoms with Crippen LogP contribution in [0.25, 0.3) is 0 Å². The van der Waals surface area contributed by atoms with Gasteiger partial charge in [-0.3, -0.25) is 0 Å². The van der Waals surface area contributed by atoms with E-state index in [0.717, 1.165) is 11.4 Å². The molecule has 0 saturated heterocycles. The number of alkyl halides is 1. The number of halogens is 2. The summed E-state index contributed by atoms with van der Waals surface area (Å²) < 4.78 is 0. The number of hydrogen-bond donors (Lipinski definition) is 0. The molecule has 1 aliphatic carbocycles. The Morgan fingerprint density at radius 1 is 1.45 bits per heavy atom. The third kappa shape index (κ3) is 1.21. The van der Waals surface area contributed by atoms with E-state index < -0.39 is 0 Å².